The molecular weight excluding hydrogens is 491 g/mol. The van der Waals surface area contributed by atoms with Crippen LogP contribution in [0.4, 0.5) is 13.2 Å². The van der Waals surface area contributed by atoms with Crippen LogP contribution in [-0.4, -0.2) is 27.4 Å². The first-order valence-electron chi connectivity index (χ1n) is 9.29. The number of nitrogens with zero attached hydrogens (tertiary/aromatic N) is 2. The van der Waals surface area contributed by atoms with E-state index in [0.29, 0.717) is 16.1 Å². The van der Waals surface area contributed by atoms with E-state index in [2.05, 4.69) is 20.9 Å². The Kier molecular flexibility index (Phi) is 5.65. The van der Waals surface area contributed by atoms with Crippen molar-refractivity contribution in [2.75, 3.05) is 6.54 Å². The summed E-state index contributed by atoms with van der Waals surface area (Å²) in [5, 5.41) is 19.6. The zero-order valence-electron chi connectivity index (χ0n) is 16.3. The predicted molar refractivity (Wildman–Crippen MR) is 119 cm³/mol. The fraction of sp³-hybridized carbons (Fsp3) is 0.182. The number of aryl methyl sites for hydroxylation is 1. The van der Waals surface area contributed by atoms with E-state index in [-0.39, 0.29) is 24.7 Å². The highest BCUT2D eigenvalue weighted by atomic mass is 79.9. The topological polar surface area (TPSA) is 60.2 Å². The van der Waals surface area contributed by atoms with Crippen molar-refractivity contribution in [3.63, 3.8) is 0 Å². The predicted octanol–water partition coefficient (Wildman–Crippen LogP) is 6.66. The molecule has 9 heteroatoms. The zero-order chi connectivity index (χ0) is 22.3. The van der Waals surface area contributed by atoms with Gasteiger partial charge >= 0.3 is 6.18 Å². The fourth-order valence-electron chi connectivity index (χ4n) is 3.44. The average Bonchev–Trinajstić information content (AvgIpc) is 3.21. The minimum absolute atomic E-state index is 0.00641. The Hall–Kier alpha value is -2.65. The number of amidine groups is 1. The van der Waals surface area contributed by atoms with Crippen LogP contribution < -0.4 is 0 Å². The summed E-state index contributed by atoms with van der Waals surface area (Å²) >= 11 is 4.78. The van der Waals surface area contributed by atoms with Crippen LogP contribution in [0.5, 0.6) is 0 Å². The summed E-state index contributed by atoms with van der Waals surface area (Å²) in [6.45, 7) is 2.06. The molecule has 0 atom stereocenters. The van der Waals surface area contributed by atoms with Gasteiger partial charge in [0.25, 0.3) is 0 Å². The quantitative estimate of drug-likeness (QED) is 0.414. The Morgan fingerprint density at radius 3 is 2.58 bits per heavy atom. The van der Waals surface area contributed by atoms with Gasteiger partial charge in [-0.1, -0.05) is 40.2 Å². The summed E-state index contributed by atoms with van der Waals surface area (Å²) in [6, 6.07) is 12.7. The maximum atomic E-state index is 13.0. The maximum absolute atomic E-state index is 13.0. The van der Waals surface area contributed by atoms with Gasteiger partial charge in [0, 0.05) is 21.5 Å². The first-order chi connectivity index (χ1) is 14.6. The second-order valence-corrected chi connectivity index (χ2v) is 9.27. The Morgan fingerprint density at radius 2 is 1.90 bits per heavy atom. The molecule has 2 aromatic carbocycles. The molecule has 2 N–H and O–H groups in total. The van der Waals surface area contributed by atoms with Gasteiger partial charge in [0.2, 0.25) is 0 Å². The van der Waals surface area contributed by atoms with Crippen LogP contribution in [0.15, 0.2) is 58.8 Å². The van der Waals surface area contributed by atoms with Gasteiger partial charge in [0.05, 0.1) is 23.4 Å². The van der Waals surface area contributed by atoms with Crippen LogP contribution in [0, 0.1) is 12.3 Å². The smallest absolute Gasteiger partial charge is 0.416 e. The molecule has 1 aromatic heterocycles. The molecular formula is C22H17BrF3N3OS. The number of aliphatic hydroxyl groups excluding tert-OH is 1. The minimum atomic E-state index is -4.43. The number of rotatable bonds is 4. The molecule has 160 valence electrons. The van der Waals surface area contributed by atoms with Crippen LogP contribution in [0.25, 0.3) is 16.8 Å². The number of aliphatic hydroxyl groups is 1. The summed E-state index contributed by atoms with van der Waals surface area (Å²) in [6.07, 6.45) is -4.43. The molecule has 0 fully saturated rings. The highest BCUT2D eigenvalue weighted by Gasteiger charge is 2.33. The van der Waals surface area contributed by atoms with Crippen molar-refractivity contribution in [2.24, 2.45) is 0 Å². The van der Waals surface area contributed by atoms with E-state index in [1.165, 1.54) is 22.3 Å². The molecule has 1 aliphatic rings. The molecule has 31 heavy (non-hydrogen) atoms. The first-order valence-corrected chi connectivity index (χ1v) is 10.9. The third kappa shape index (κ3) is 4.38. The van der Waals surface area contributed by atoms with Gasteiger partial charge in [-0.15, -0.1) is 11.3 Å². The van der Waals surface area contributed by atoms with E-state index in [0.717, 1.165) is 32.7 Å². The molecule has 0 bridgehead atoms. The summed E-state index contributed by atoms with van der Waals surface area (Å²) < 4.78 is 39.9. The SMILES string of the molecule is Cc1sc(C2=C(O)CN(Cc3cccc(C(F)(F)F)c3)C2=N)nc1-c1ccc(Br)cc1. The number of thiazole rings is 1. The van der Waals surface area contributed by atoms with Gasteiger partial charge in [0.15, 0.2) is 0 Å². The molecule has 0 amide bonds. The molecule has 0 unspecified atom stereocenters. The molecule has 4 rings (SSSR count). The van der Waals surface area contributed by atoms with Gasteiger partial charge in [-0.05, 0) is 36.8 Å². The maximum Gasteiger partial charge on any atom is 0.416 e. The molecule has 2 heterocycles. The van der Waals surface area contributed by atoms with Gasteiger partial charge < -0.3 is 10.0 Å². The van der Waals surface area contributed by atoms with Gasteiger partial charge in [-0.3, -0.25) is 5.41 Å². The van der Waals surface area contributed by atoms with Gasteiger partial charge in [-0.25, -0.2) is 4.98 Å². The van der Waals surface area contributed by atoms with Crippen LogP contribution in [0.3, 0.4) is 0 Å². The summed E-state index contributed by atoms with van der Waals surface area (Å²) in [5.74, 6) is 0.0408. The van der Waals surface area contributed by atoms with E-state index >= 15 is 0 Å². The molecule has 1 aliphatic heterocycles. The van der Waals surface area contributed by atoms with Crippen molar-refractivity contribution in [3.05, 3.63) is 79.8 Å². The number of hydrogen-bond donors (Lipinski definition) is 2. The van der Waals surface area contributed by atoms with Crippen molar-refractivity contribution in [1.29, 1.82) is 5.41 Å². The molecule has 4 nitrogen and oxygen atoms in total. The van der Waals surface area contributed by atoms with E-state index < -0.39 is 11.7 Å². The van der Waals surface area contributed by atoms with Gasteiger partial charge in [-0.2, -0.15) is 13.2 Å². The minimum Gasteiger partial charge on any atom is -0.510 e. The van der Waals surface area contributed by atoms with Crippen molar-refractivity contribution in [3.8, 4) is 11.3 Å². The third-order valence-corrected chi connectivity index (χ3v) is 6.46. The lowest BCUT2D eigenvalue weighted by atomic mass is 10.1. The Morgan fingerprint density at radius 1 is 1.19 bits per heavy atom. The normalized spacial score (nSPS) is 14.6. The van der Waals surface area contributed by atoms with Crippen molar-refractivity contribution >= 4 is 38.7 Å². The number of benzene rings is 2. The van der Waals surface area contributed by atoms with E-state index in [1.807, 2.05) is 31.2 Å². The van der Waals surface area contributed by atoms with E-state index in [1.54, 1.807) is 6.07 Å². The lowest BCUT2D eigenvalue weighted by molar-refractivity contribution is -0.137. The number of aromatic nitrogens is 1. The lowest BCUT2D eigenvalue weighted by Gasteiger charge is -2.19. The summed E-state index contributed by atoms with van der Waals surface area (Å²) in [7, 11) is 0. The van der Waals surface area contributed by atoms with Crippen LogP contribution in [0.1, 0.15) is 21.0 Å². The Bertz CT molecular complexity index is 1190. The van der Waals surface area contributed by atoms with Crippen LogP contribution in [-0.2, 0) is 12.7 Å². The van der Waals surface area contributed by atoms with Gasteiger partial charge in [0.1, 0.15) is 16.6 Å². The highest BCUT2D eigenvalue weighted by Crippen LogP contribution is 2.36. The second kappa shape index (κ2) is 8.12. The van der Waals surface area contributed by atoms with Crippen molar-refractivity contribution in [1.82, 2.24) is 9.88 Å². The molecule has 0 spiro atoms. The molecule has 0 saturated heterocycles. The number of nitrogens with one attached hydrogen (secondary N) is 1. The zero-order valence-corrected chi connectivity index (χ0v) is 18.7. The number of halogens is 4. The molecule has 0 saturated carbocycles. The van der Waals surface area contributed by atoms with Crippen molar-refractivity contribution < 1.29 is 18.3 Å². The Balaban J connectivity index is 1.58. The van der Waals surface area contributed by atoms with E-state index in [9.17, 15) is 18.3 Å². The fourth-order valence-corrected chi connectivity index (χ4v) is 4.71. The molecule has 0 aliphatic carbocycles. The van der Waals surface area contributed by atoms with Crippen molar-refractivity contribution in [2.45, 2.75) is 19.6 Å². The number of alkyl halides is 3. The highest BCUT2D eigenvalue weighted by molar-refractivity contribution is 9.10. The van der Waals surface area contributed by atoms with Crippen LogP contribution >= 0.6 is 27.3 Å². The second-order valence-electron chi connectivity index (χ2n) is 7.16. The summed E-state index contributed by atoms with van der Waals surface area (Å²) in [5.41, 5.74) is 1.70. The molecule has 3 aromatic rings. The monoisotopic (exact) mass is 507 g/mol. The first kappa shape index (κ1) is 21.6. The molecule has 0 radical (unpaired) electrons. The Labute approximate surface area is 189 Å². The standard InChI is InChI=1S/C22H17BrF3N3OS/c1-12-19(14-5-7-16(23)8-6-14)28-21(31-12)18-17(30)11-29(20(18)27)10-13-3-2-4-15(9-13)22(24,25)26/h2-9,27,30H,10-11H2,1H3. The number of hydrogen-bond acceptors (Lipinski definition) is 4. The largest absolute Gasteiger partial charge is 0.510 e. The van der Waals surface area contributed by atoms with E-state index in [4.69, 9.17) is 5.41 Å². The average molecular weight is 508 g/mol. The lowest BCUT2D eigenvalue weighted by Crippen LogP contribution is -2.26. The third-order valence-electron chi connectivity index (χ3n) is 4.94. The summed E-state index contributed by atoms with van der Waals surface area (Å²) in [4.78, 5) is 7.13. The van der Waals surface area contributed by atoms with Crippen LogP contribution in [0.2, 0.25) is 0 Å².